The zero-order valence-electron chi connectivity index (χ0n) is 10.8. The maximum absolute atomic E-state index is 11.6. The summed E-state index contributed by atoms with van der Waals surface area (Å²) in [5, 5.41) is 9.21. The van der Waals surface area contributed by atoms with Crippen molar-refractivity contribution in [2.45, 2.75) is 6.92 Å². The maximum Gasteiger partial charge on any atom is 0.248 e. The molecule has 0 spiro atoms. The fraction of sp³-hybridized carbons (Fsp3) is 0.0667. The van der Waals surface area contributed by atoms with Crippen LogP contribution in [0.3, 0.4) is 0 Å². The number of ether oxygens (including phenoxy) is 1. The van der Waals surface area contributed by atoms with E-state index < -0.39 is 5.91 Å². The zero-order valence-corrected chi connectivity index (χ0v) is 10.8. The minimum atomic E-state index is -0.601. The van der Waals surface area contributed by atoms with Crippen molar-refractivity contribution in [3.05, 3.63) is 53.6 Å². The van der Waals surface area contributed by atoms with Crippen molar-refractivity contribution in [1.82, 2.24) is 0 Å². The van der Waals surface area contributed by atoms with E-state index in [-0.39, 0.29) is 22.8 Å². The average Bonchev–Trinajstić information content (AvgIpc) is 2.41. The molecule has 0 saturated heterocycles. The van der Waals surface area contributed by atoms with Crippen LogP contribution in [0.4, 0.5) is 0 Å². The van der Waals surface area contributed by atoms with Gasteiger partial charge in [-0.05, 0) is 49.4 Å². The minimum Gasteiger partial charge on any atom is -0.508 e. The van der Waals surface area contributed by atoms with E-state index in [1.165, 1.54) is 37.3 Å². The summed E-state index contributed by atoms with van der Waals surface area (Å²) in [6, 6.07) is 10.4. The molecule has 0 aliphatic heterocycles. The summed E-state index contributed by atoms with van der Waals surface area (Å²) in [5.41, 5.74) is 5.81. The number of hydrogen-bond acceptors (Lipinski definition) is 4. The molecule has 0 atom stereocenters. The molecule has 0 fully saturated rings. The Bertz CT molecular complexity index is 662. The molecule has 3 N–H and O–H groups in total. The Kier molecular flexibility index (Phi) is 3.70. The Labute approximate surface area is 115 Å². The number of phenols is 1. The summed E-state index contributed by atoms with van der Waals surface area (Å²) in [4.78, 5) is 22.7. The van der Waals surface area contributed by atoms with Crippen molar-refractivity contribution >= 4 is 11.7 Å². The third-order valence-electron chi connectivity index (χ3n) is 2.71. The molecule has 0 aliphatic rings. The van der Waals surface area contributed by atoms with Crippen molar-refractivity contribution in [2.24, 2.45) is 5.73 Å². The van der Waals surface area contributed by atoms with Gasteiger partial charge in [-0.1, -0.05) is 0 Å². The lowest BCUT2D eigenvalue weighted by Gasteiger charge is -2.10. The van der Waals surface area contributed by atoms with E-state index >= 15 is 0 Å². The molecule has 0 bridgehead atoms. The van der Waals surface area contributed by atoms with Crippen LogP contribution in [-0.2, 0) is 0 Å². The van der Waals surface area contributed by atoms with Gasteiger partial charge in [0.1, 0.15) is 17.2 Å². The van der Waals surface area contributed by atoms with Gasteiger partial charge in [-0.2, -0.15) is 0 Å². The van der Waals surface area contributed by atoms with Crippen molar-refractivity contribution in [2.75, 3.05) is 0 Å². The molecule has 2 aromatic rings. The van der Waals surface area contributed by atoms with E-state index in [0.29, 0.717) is 11.3 Å². The number of aromatic hydroxyl groups is 1. The number of hydrogen-bond donors (Lipinski definition) is 2. The molecule has 5 nitrogen and oxygen atoms in total. The lowest BCUT2D eigenvalue weighted by molar-refractivity contribution is 0.0991. The first kappa shape index (κ1) is 13.6. The molecule has 0 radical (unpaired) electrons. The summed E-state index contributed by atoms with van der Waals surface area (Å²) in [7, 11) is 0. The van der Waals surface area contributed by atoms with Crippen molar-refractivity contribution < 1.29 is 19.4 Å². The van der Waals surface area contributed by atoms with E-state index in [1.807, 2.05) is 0 Å². The van der Waals surface area contributed by atoms with Crippen LogP contribution in [0.5, 0.6) is 17.2 Å². The van der Waals surface area contributed by atoms with E-state index in [1.54, 1.807) is 12.1 Å². The largest absolute Gasteiger partial charge is 0.508 e. The van der Waals surface area contributed by atoms with Gasteiger partial charge < -0.3 is 15.6 Å². The Balaban J connectivity index is 2.41. The Morgan fingerprint density at radius 3 is 2.30 bits per heavy atom. The lowest BCUT2D eigenvalue weighted by atomic mass is 10.1. The van der Waals surface area contributed by atoms with Crippen LogP contribution < -0.4 is 10.5 Å². The van der Waals surface area contributed by atoms with E-state index in [9.17, 15) is 14.7 Å². The second-order valence-electron chi connectivity index (χ2n) is 4.23. The number of phenolic OH excluding ortho intramolecular Hbond substituents is 1. The molecule has 0 aromatic heterocycles. The van der Waals surface area contributed by atoms with Gasteiger partial charge in [0.15, 0.2) is 5.78 Å². The van der Waals surface area contributed by atoms with Gasteiger partial charge in [0.05, 0.1) is 5.56 Å². The van der Waals surface area contributed by atoms with Crippen LogP contribution in [0, 0.1) is 0 Å². The SMILES string of the molecule is CC(=O)c1ccc(C(N)=O)cc1Oc1ccc(O)cc1. The smallest absolute Gasteiger partial charge is 0.248 e. The maximum atomic E-state index is 11.6. The van der Waals surface area contributed by atoms with Crippen molar-refractivity contribution in [1.29, 1.82) is 0 Å². The van der Waals surface area contributed by atoms with Gasteiger partial charge in [0.2, 0.25) is 5.91 Å². The zero-order chi connectivity index (χ0) is 14.7. The number of rotatable bonds is 4. The van der Waals surface area contributed by atoms with Crippen molar-refractivity contribution in [3.8, 4) is 17.2 Å². The Hall–Kier alpha value is -2.82. The van der Waals surface area contributed by atoms with Crippen LogP contribution in [0.2, 0.25) is 0 Å². The van der Waals surface area contributed by atoms with Crippen LogP contribution in [0.15, 0.2) is 42.5 Å². The van der Waals surface area contributed by atoms with E-state index in [2.05, 4.69) is 0 Å². The highest BCUT2D eigenvalue weighted by atomic mass is 16.5. The van der Waals surface area contributed by atoms with Crippen LogP contribution in [-0.4, -0.2) is 16.8 Å². The van der Waals surface area contributed by atoms with Gasteiger partial charge in [0.25, 0.3) is 0 Å². The van der Waals surface area contributed by atoms with Gasteiger partial charge in [-0.15, -0.1) is 0 Å². The number of ketones is 1. The molecular formula is C15H13NO4. The number of carbonyl (C=O) groups excluding carboxylic acids is 2. The molecule has 2 aromatic carbocycles. The molecule has 0 saturated carbocycles. The average molecular weight is 271 g/mol. The number of nitrogens with two attached hydrogens (primary N) is 1. The highest BCUT2D eigenvalue weighted by Gasteiger charge is 2.12. The molecule has 1 amide bonds. The van der Waals surface area contributed by atoms with E-state index in [4.69, 9.17) is 10.5 Å². The molecular weight excluding hydrogens is 258 g/mol. The van der Waals surface area contributed by atoms with Crippen LogP contribution in [0.1, 0.15) is 27.6 Å². The molecule has 0 heterocycles. The first-order valence-corrected chi connectivity index (χ1v) is 5.89. The highest BCUT2D eigenvalue weighted by Crippen LogP contribution is 2.28. The predicted molar refractivity (Wildman–Crippen MR) is 73.1 cm³/mol. The standard InChI is InChI=1S/C15H13NO4/c1-9(17)13-7-2-10(15(16)19)8-14(13)20-12-5-3-11(18)4-6-12/h2-8,18H,1H3,(H2,16,19). The summed E-state index contributed by atoms with van der Waals surface area (Å²) in [6.07, 6.45) is 0. The summed E-state index contributed by atoms with van der Waals surface area (Å²) in [5.74, 6) is 0.00638. The molecule has 20 heavy (non-hydrogen) atoms. The minimum absolute atomic E-state index is 0.107. The highest BCUT2D eigenvalue weighted by molar-refractivity contribution is 5.99. The number of primary amides is 1. The summed E-state index contributed by atoms with van der Waals surface area (Å²) in [6.45, 7) is 1.41. The number of Topliss-reactive ketones (excluding diaryl/α,β-unsaturated/α-hetero) is 1. The molecule has 102 valence electrons. The topological polar surface area (TPSA) is 89.6 Å². The molecule has 0 unspecified atom stereocenters. The number of benzene rings is 2. The third-order valence-corrected chi connectivity index (χ3v) is 2.71. The molecule has 5 heteroatoms. The van der Waals surface area contributed by atoms with Gasteiger partial charge in [-0.25, -0.2) is 0 Å². The molecule has 0 aliphatic carbocycles. The second kappa shape index (κ2) is 5.44. The van der Waals surface area contributed by atoms with Gasteiger partial charge in [0, 0.05) is 5.56 Å². The summed E-state index contributed by atoms with van der Waals surface area (Å²) < 4.78 is 5.58. The normalized spacial score (nSPS) is 10.1. The summed E-state index contributed by atoms with van der Waals surface area (Å²) >= 11 is 0. The van der Waals surface area contributed by atoms with Crippen LogP contribution in [0.25, 0.3) is 0 Å². The van der Waals surface area contributed by atoms with Crippen LogP contribution >= 0.6 is 0 Å². The second-order valence-corrected chi connectivity index (χ2v) is 4.23. The monoisotopic (exact) mass is 271 g/mol. The molecule has 2 rings (SSSR count). The fourth-order valence-corrected chi connectivity index (χ4v) is 1.69. The first-order valence-electron chi connectivity index (χ1n) is 5.89. The van der Waals surface area contributed by atoms with E-state index in [0.717, 1.165) is 0 Å². The third kappa shape index (κ3) is 2.95. The Morgan fingerprint density at radius 1 is 1.10 bits per heavy atom. The predicted octanol–water partition coefficient (Wildman–Crippen LogP) is 2.49. The fourth-order valence-electron chi connectivity index (χ4n) is 1.69. The lowest BCUT2D eigenvalue weighted by Crippen LogP contribution is -2.11. The van der Waals surface area contributed by atoms with Gasteiger partial charge in [-0.3, -0.25) is 9.59 Å². The number of amides is 1. The number of carbonyl (C=O) groups is 2. The first-order chi connectivity index (χ1) is 9.47. The Morgan fingerprint density at radius 2 is 1.75 bits per heavy atom. The van der Waals surface area contributed by atoms with Gasteiger partial charge >= 0.3 is 0 Å². The van der Waals surface area contributed by atoms with Crippen molar-refractivity contribution in [3.63, 3.8) is 0 Å². The quantitative estimate of drug-likeness (QED) is 0.836.